The van der Waals surface area contributed by atoms with E-state index in [0.29, 0.717) is 19.0 Å². The number of hydrogen-bond donors (Lipinski definition) is 3. The predicted molar refractivity (Wildman–Crippen MR) is 103 cm³/mol. The van der Waals surface area contributed by atoms with Crippen LogP contribution in [0.4, 0.5) is 0 Å². The lowest BCUT2D eigenvalue weighted by molar-refractivity contribution is -0.128. The number of aryl methyl sites for hydroxylation is 1. The number of nitrogens with one attached hydrogen (secondary N) is 3. The molecule has 3 N–H and O–H groups in total. The van der Waals surface area contributed by atoms with Gasteiger partial charge in [-0.05, 0) is 26.3 Å². The minimum Gasteiger partial charge on any atom is -0.359 e. The molecule has 1 rings (SSSR count). The average Bonchev–Trinajstić information content (AvgIpc) is 2.48. The van der Waals surface area contributed by atoms with Gasteiger partial charge in [0.1, 0.15) is 0 Å². The van der Waals surface area contributed by atoms with Crippen molar-refractivity contribution in [1.29, 1.82) is 0 Å². The zero-order valence-electron chi connectivity index (χ0n) is 14.0. The minimum atomic E-state index is -0.490. The Labute approximate surface area is 150 Å². The van der Waals surface area contributed by atoms with E-state index in [4.69, 9.17) is 0 Å². The molecule has 0 aromatic heterocycles. The fraction of sp³-hybridized carbons (Fsp3) is 0.500. The van der Waals surface area contributed by atoms with E-state index in [0.717, 1.165) is 0 Å². The number of benzene rings is 1. The molecule has 1 amide bonds. The minimum absolute atomic E-state index is 0. The first-order valence-corrected chi connectivity index (χ1v) is 7.11. The second kappa shape index (κ2) is 9.66. The summed E-state index contributed by atoms with van der Waals surface area (Å²) >= 11 is 0. The van der Waals surface area contributed by atoms with Crippen molar-refractivity contribution < 1.29 is 4.79 Å². The van der Waals surface area contributed by atoms with Crippen LogP contribution < -0.4 is 16.0 Å². The highest BCUT2D eigenvalue weighted by molar-refractivity contribution is 14.0. The van der Waals surface area contributed by atoms with Crippen LogP contribution >= 0.6 is 24.0 Å². The standard InChI is InChI=1S/C16H26N4O.HI/c1-12-6-8-13(9-7-12)10-19-15(18-5)20-11-16(2,3)14(21)17-4;/h6-9H,10-11H2,1-5H3,(H,17,21)(H2,18,19,20);1H. The fourth-order valence-electron chi connectivity index (χ4n) is 1.84. The fourth-order valence-corrected chi connectivity index (χ4v) is 1.84. The van der Waals surface area contributed by atoms with Crippen molar-refractivity contribution in [3.8, 4) is 0 Å². The molecule has 22 heavy (non-hydrogen) atoms. The molecule has 0 heterocycles. The third kappa shape index (κ3) is 6.64. The van der Waals surface area contributed by atoms with E-state index in [9.17, 15) is 4.79 Å². The lowest BCUT2D eigenvalue weighted by atomic mass is 9.92. The topological polar surface area (TPSA) is 65.5 Å². The molecule has 0 fully saturated rings. The molecule has 0 bridgehead atoms. The Kier molecular flexibility index (Phi) is 9.08. The quantitative estimate of drug-likeness (QED) is 0.390. The first-order chi connectivity index (χ1) is 9.89. The van der Waals surface area contributed by atoms with Gasteiger partial charge >= 0.3 is 0 Å². The molecule has 124 valence electrons. The van der Waals surface area contributed by atoms with Gasteiger partial charge in [-0.2, -0.15) is 0 Å². The zero-order valence-corrected chi connectivity index (χ0v) is 16.3. The van der Waals surface area contributed by atoms with Crippen molar-refractivity contribution in [2.45, 2.75) is 27.3 Å². The number of guanidine groups is 1. The van der Waals surface area contributed by atoms with Crippen LogP contribution in [0.25, 0.3) is 0 Å². The van der Waals surface area contributed by atoms with Crippen LogP contribution in [0.1, 0.15) is 25.0 Å². The van der Waals surface area contributed by atoms with Crippen LogP contribution in [0.2, 0.25) is 0 Å². The predicted octanol–water partition coefficient (Wildman–Crippen LogP) is 2.05. The summed E-state index contributed by atoms with van der Waals surface area (Å²) in [5.41, 5.74) is 1.94. The van der Waals surface area contributed by atoms with Crippen LogP contribution in [-0.4, -0.2) is 32.5 Å². The molecule has 0 saturated carbocycles. The summed E-state index contributed by atoms with van der Waals surface area (Å²) in [7, 11) is 3.37. The maximum atomic E-state index is 11.7. The average molecular weight is 418 g/mol. The highest BCUT2D eigenvalue weighted by Crippen LogP contribution is 2.12. The molecule has 0 aliphatic carbocycles. The molecule has 0 aliphatic rings. The Morgan fingerprint density at radius 3 is 2.27 bits per heavy atom. The van der Waals surface area contributed by atoms with E-state index in [1.807, 2.05) is 13.8 Å². The van der Waals surface area contributed by atoms with Crippen LogP contribution in [0.15, 0.2) is 29.3 Å². The first kappa shape index (κ1) is 20.7. The maximum absolute atomic E-state index is 11.7. The van der Waals surface area contributed by atoms with E-state index >= 15 is 0 Å². The first-order valence-electron chi connectivity index (χ1n) is 7.11. The van der Waals surface area contributed by atoms with Gasteiger partial charge in [0.25, 0.3) is 0 Å². The Morgan fingerprint density at radius 1 is 1.18 bits per heavy atom. The van der Waals surface area contributed by atoms with E-state index in [1.165, 1.54) is 11.1 Å². The molecule has 5 nitrogen and oxygen atoms in total. The van der Waals surface area contributed by atoms with Gasteiger partial charge in [-0.25, -0.2) is 0 Å². The number of aliphatic imine (C=N–C) groups is 1. The van der Waals surface area contributed by atoms with E-state index < -0.39 is 5.41 Å². The number of hydrogen-bond acceptors (Lipinski definition) is 2. The van der Waals surface area contributed by atoms with Crippen LogP contribution in [0.3, 0.4) is 0 Å². The molecule has 0 atom stereocenters. The van der Waals surface area contributed by atoms with Crippen molar-refractivity contribution in [2.75, 3.05) is 20.6 Å². The molecule has 1 aromatic rings. The van der Waals surface area contributed by atoms with Gasteiger partial charge in [0, 0.05) is 27.2 Å². The largest absolute Gasteiger partial charge is 0.359 e. The number of halogens is 1. The Morgan fingerprint density at radius 2 is 1.77 bits per heavy atom. The van der Waals surface area contributed by atoms with E-state index in [2.05, 4.69) is 52.1 Å². The summed E-state index contributed by atoms with van der Waals surface area (Å²) in [5, 5.41) is 9.10. The number of carbonyl (C=O) groups excluding carboxylic acids is 1. The Bertz CT molecular complexity index is 497. The monoisotopic (exact) mass is 418 g/mol. The molecule has 0 saturated heterocycles. The van der Waals surface area contributed by atoms with Gasteiger partial charge in [-0.15, -0.1) is 24.0 Å². The summed E-state index contributed by atoms with van der Waals surface area (Å²) in [6.07, 6.45) is 0. The Balaban J connectivity index is 0.00000441. The molecule has 0 spiro atoms. The Hall–Kier alpha value is -1.31. The molecule has 0 unspecified atom stereocenters. The molecule has 1 aromatic carbocycles. The van der Waals surface area contributed by atoms with Crippen LogP contribution in [-0.2, 0) is 11.3 Å². The van der Waals surface area contributed by atoms with E-state index in [-0.39, 0.29) is 29.9 Å². The van der Waals surface area contributed by atoms with Crippen LogP contribution in [0.5, 0.6) is 0 Å². The normalized spacial score (nSPS) is 11.4. The van der Waals surface area contributed by atoms with Crippen molar-refractivity contribution in [2.24, 2.45) is 10.4 Å². The van der Waals surface area contributed by atoms with Crippen molar-refractivity contribution >= 4 is 35.8 Å². The SMILES string of the molecule is CN=C(NCc1ccc(C)cc1)NCC(C)(C)C(=O)NC.I. The van der Waals surface area contributed by atoms with Gasteiger partial charge in [0.2, 0.25) is 5.91 Å². The number of nitrogens with zero attached hydrogens (tertiary/aromatic N) is 1. The highest BCUT2D eigenvalue weighted by Gasteiger charge is 2.26. The van der Waals surface area contributed by atoms with Gasteiger partial charge in [0.05, 0.1) is 5.41 Å². The third-order valence-corrected chi connectivity index (χ3v) is 3.34. The summed E-state index contributed by atoms with van der Waals surface area (Å²) in [6, 6.07) is 8.35. The number of carbonyl (C=O) groups is 1. The van der Waals surface area contributed by atoms with Gasteiger partial charge in [-0.3, -0.25) is 9.79 Å². The molecular formula is C16H27IN4O. The zero-order chi connectivity index (χ0) is 15.9. The summed E-state index contributed by atoms with van der Waals surface area (Å²) < 4.78 is 0. The second-order valence-electron chi connectivity index (χ2n) is 5.73. The smallest absolute Gasteiger partial charge is 0.227 e. The van der Waals surface area contributed by atoms with Gasteiger partial charge < -0.3 is 16.0 Å². The maximum Gasteiger partial charge on any atom is 0.227 e. The molecule has 0 aliphatic heterocycles. The van der Waals surface area contributed by atoms with Crippen molar-refractivity contribution in [3.63, 3.8) is 0 Å². The van der Waals surface area contributed by atoms with Gasteiger partial charge in [0.15, 0.2) is 5.96 Å². The van der Waals surface area contributed by atoms with Crippen molar-refractivity contribution in [1.82, 2.24) is 16.0 Å². The highest BCUT2D eigenvalue weighted by atomic mass is 127. The summed E-state index contributed by atoms with van der Waals surface area (Å²) in [5.74, 6) is 0.691. The second-order valence-corrected chi connectivity index (χ2v) is 5.73. The summed E-state index contributed by atoms with van der Waals surface area (Å²) in [6.45, 7) is 7.07. The lowest BCUT2D eigenvalue weighted by Gasteiger charge is -2.24. The molecular weight excluding hydrogens is 391 g/mol. The van der Waals surface area contributed by atoms with Gasteiger partial charge in [-0.1, -0.05) is 29.8 Å². The van der Waals surface area contributed by atoms with Crippen molar-refractivity contribution in [3.05, 3.63) is 35.4 Å². The summed E-state index contributed by atoms with van der Waals surface area (Å²) in [4.78, 5) is 15.9. The third-order valence-electron chi connectivity index (χ3n) is 3.34. The number of rotatable bonds is 5. The molecule has 0 radical (unpaired) electrons. The molecule has 6 heteroatoms. The van der Waals surface area contributed by atoms with E-state index in [1.54, 1.807) is 14.1 Å². The number of amides is 1. The lowest BCUT2D eigenvalue weighted by Crippen LogP contribution is -2.47. The van der Waals surface area contributed by atoms with Crippen LogP contribution in [0, 0.1) is 12.3 Å².